The number of rotatable bonds is 10. The van der Waals surface area contributed by atoms with Gasteiger partial charge >= 0.3 is 5.97 Å². The van der Waals surface area contributed by atoms with Gasteiger partial charge in [0, 0.05) is 0 Å². The number of benzene rings is 4. The van der Waals surface area contributed by atoms with Crippen LogP contribution in [-0.4, -0.2) is 23.0 Å². The molecule has 0 unspecified atom stereocenters. The molecule has 1 amide bonds. The molecular weight excluding hydrogens is 434 g/mol. The second kappa shape index (κ2) is 11.3. The zero-order chi connectivity index (χ0) is 24.5. The maximum atomic E-state index is 14.2. The lowest BCUT2D eigenvalue weighted by molar-refractivity contribution is -0.142. The van der Waals surface area contributed by atoms with Crippen molar-refractivity contribution in [2.24, 2.45) is 0 Å². The summed E-state index contributed by atoms with van der Waals surface area (Å²) in [5, 5.41) is 12.9. The SMILES string of the molecule is O=C(O)[C@@H](CCCc1ccccc1)NC(=O)C(c1ccccc1)(c1ccccc1)c1ccccc1. The Balaban J connectivity index is 1.71. The Hall–Kier alpha value is -4.18. The fourth-order valence-electron chi connectivity index (χ4n) is 4.64. The van der Waals surface area contributed by atoms with Crippen LogP contribution >= 0.6 is 0 Å². The number of carboxylic acid groups (broad SMARTS) is 1. The molecular formula is C31H29NO3. The van der Waals surface area contributed by atoms with Crippen LogP contribution < -0.4 is 5.32 Å². The maximum Gasteiger partial charge on any atom is 0.326 e. The second-order valence-electron chi connectivity index (χ2n) is 8.59. The van der Waals surface area contributed by atoms with Crippen molar-refractivity contribution in [3.63, 3.8) is 0 Å². The maximum absolute atomic E-state index is 14.2. The van der Waals surface area contributed by atoms with Crippen molar-refractivity contribution >= 4 is 11.9 Å². The normalized spacial score (nSPS) is 12.0. The predicted octanol–water partition coefficient (Wildman–Crippen LogP) is 5.61. The standard InChI is InChI=1S/C31H29NO3/c33-29(34)28(23-13-16-24-14-5-1-6-15-24)32-30(35)31(25-17-7-2-8-18-25,26-19-9-3-10-20-26)27-21-11-4-12-22-27/h1-12,14-15,17-22,28H,13,16,23H2,(H,32,35)(H,33,34)/t28-/m1/s1. The zero-order valence-electron chi connectivity index (χ0n) is 19.5. The molecule has 1 atom stereocenters. The van der Waals surface area contributed by atoms with E-state index in [0.29, 0.717) is 12.8 Å². The van der Waals surface area contributed by atoms with E-state index in [0.717, 1.165) is 28.7 Å². The highest BCUT2D eigenvalue weighted by Gasteiger charge is 2.44. The van der Waals surface area contributed by atoms with E-state index in [1.165, 1.54) is 0 Å². The van der Waals surface area contributed by atoms with Gasteiger partial charge in [0.25, 0.3) is 0 Å². The lowest BCUT2D eigenvalue weighted by atomic mass is 9.68. The third-order valence-corrected chi connectivity index (χ3v) is 6.37. The van der Waals surface area contributed by atoms with Crippen LogP contribution in [0.25, 0.3) is 0 Å². The van der Waals surface area contributed by atoms with E-state index >= 15 is 0 Å². The minimum Gasteiger partial charge on any atom is -0.480 e. The lowest BCUT2D eigenvalue weighted by Crippen LogP contribution is -2.52. The van der Waals surface area contributed by atoms with E-state index in [2.05, 4.69) is 5.32 Å². The monoisotopic (exact) mass is 463 g/mol. The summed E-state index contributed by atoms with van der Waals surface area (Å²) in [6, 6.07) is 37.6. The van der Waals surface area contributed by atoms with Crippen molar-refractivity contribution < 1.29 is 14.7 Å². The van der Waals surface area contributed by atoms with Crippen LogP contribution in [0.3, 0.4) is 0 Å². The Labute approximate surface area is 206 Å². The van der Waals surface area contributed by atoms with Crippen molar-refractivity contribution in [1.82, 2.24) is 5.32 Å². The average molecular weight is 464 g/mol. The molecule has 35 heavy (non-hydrogen) atoms. The van der Waals surface area contributed by atoms with E-state index in [-0.39, 0.29) is 5.91 Å². The first-order valence-electron chi connectivity index (χ1n) is 11.9. The molecule has 0 aliphatic rings. The summed E-state index contributed by atoms with van der Waals surface area (Å²) in [6.07, 6.45) is 1.74. The van der Waals surface area contributed by atoms with Crippen LogP contribution in [0.15, 0.2) is 121 Å². The number of aryl methyl sites for hydroxylation is 1. The largest absolute Gasteiger partial charge is 0.480 e. The fraction of sp³-hybridized carbons (Fsp3) is 0.161. The van der Waals surface area contributed by atoms with Gasteiger partial charge in [-0.15, -0.1) is 0 Å². The van der Waals surface area contributed by atoms with Crippen molar-refractivity contribution in [3.05, 3.63) is 144 Å². The second-order valence-corrected chi connectivity index (χ2v) is 8.59. The van der Waals surface area contributed by atoms with Crippen molar-refractivity contribution in [2.75, 3.05) is 0 Å². The lowest BCUT2D eigenvalue weighted by Gasteiger charge is -2.35. The van der Waals surface area contributed by atoms with Crippen molar-refractivity contribution in [1.29, 1.82) is 0 Å². The number of carbonyl (C=O) groups excluding carboxylic acids is 1. The molecule has 0 heterocycles. The third-order valence-electron chi connectivity index (χ3n) is 6.37. The average Bonchev–Trinajstić information content (AvgIpc) is 2.91. The van der Waals surface area contributed by atoms with Crippen molar-refractivity contribution in [2.45, 2.75) is 30.7 Å². The zero-order valence-corrected chi connectivity index (χ0v) is 19.5. The highest BCUT2D eigenvalue weighted by Crippen LogP contribution is 2.39. The van der Waals surface area contributed by atoms with Crippen LogP contribution in [0, 0.1) is 0 Å². The third kappa shape index (κ3) is 5.33. The summed E-state index contributed by atoms with van der Waals surface area (Å²) in [4.78, 5) is 26.4. The number of hydrogen-bond donors (Lipinski definition) is 2. The van der Waals surface area contributed by atoms with Gasteiger partial charge in [-0.3, -0.25) is 4.79 Å². The molecule has 4 heteroatoms. The first-order chi connectivity index (χ1) is 17.1. The van der Waals surface area contributed by atoms with Gasteiger partial charge in [-0.1, -0.05) is 121 Å². The Kier molecular flexibility index (Phi) is 7.74. The predicted molar refractivity (Wildman–Crippen MR) is 138 cm³/mol. The van der Waals surface area contributed by atoms with Gasteiger partial charge in [-0.2, -0.15) is 0 Å². The van der Waals surface area contributed by atoms with Crippen LogP contribution in [0.5, 0.6) is 0 Å². The molecule has 0 saturated carbocycles. The quantitative estimate of drug-likeness (QED) is 0.300. The van der Waals surface area contributed by atoms with Gasteiger partial charge in [-0.25, -0.2) is 4.79 Å². The number of nitrogens with one attached hydrogen (secondary N) is 1. The number of aliphatic carboxylic acids is 1. The summed E-state index contributed by atoms with van der Waals surface area (Å²) in [7, 11) is 0. The molecule has 0 fully saturated rings. The van der Waals surface area contributed by atoms with Gasteiger partial charge in [-0.05, 0) is 41.5 Å². The molecule has 0 spiro atoms. The number of amides is 1. The van der Waals surface area contributed by atoms with Gasteiger partial charge < -0.3 is 10.4 Å². The van der Waals surface area contributed by atoms with Gasteiger partial charge in [0.05, 0.1) is 0 Å². The van der Waals surface area contributed by atoms with Gasteiger partial charge in [0.15, 0.2) is 0 Å². The molecule has 4 nitrogen and oxygen atoms in total. The molecule has 0 saturated heterocycles. The molecule has 176 valence electrons. The number of carboxylic acids is 1. The van der Waals surface area contributed by atoms with E-state index in [1.54, 1.807) is 0 Å². The van der Waals surface area contributed by atoms with E-state index < -0.39 is 17.4 Å². The molecule has 0 aliphatic carbocycles. The molecule has 0 aromatic heterocycles. The number of hydrogen-bond acceptors (Lipinski definition) is 2. The van der Waals surface area contributed by atoms with Crippen LogP contribution in [0.2, 0.25) is 0 Å². The Morgan fingerprint density at radius 2 is 1.06 bits per heavy atom. The first kappa shape index (κ1) is 24.0. The summed E-state index contributed by atoms with van der Waals surface area (Å²) in [6.45, 7) is 0. The molecule has 2 N–H and O–H groups in total. The topological polar surface area (TPSA) is 66.4 Å². The fourth-order valence-corrected chi connectivity index (χ4v) is 4.64. The molecule has 4 aromatic carbocycles. The highest BCUT2D eigenvalue weighted by molar-refractivity contribution is 5.98. The minimum absolute atomic E-state index is 0.338. The van der Waals surface area contributed by atoms with Crippen molar-refractivity contribution in [3.8, 4) is 0 Å². The summed E-state index contributed by atoms with van der Waals surface area (Å²) in [5.74, 6) is -1.39. The summed E-state index contributed by atoms with van der Waals surface area (Å²) >= 11 is 0. The summed E-state index contributed by atoms with van der Waals surface area (Å²) < 4.78 is 0. The molecule has 0 radical (unpaired) electrons. The van der Waals surface area contributed by atoms with E-state index in [4.69, 9.17) is 0 Å². The van der Waals surface area contributed by atoms with Crippen LogP contribution in [-0.2, 0) is 21.4 Å². The van der Waals surface area contributed by atoms with E-state index in [9.17, 15) is 14.7 Å². The molecule has 4 rings (SSSR count). The Morgan fingerprint density at radius 3 is 1.46 bits per heavy atom. The van der Waals surface area contributed by atoms with Crippen LogP contribution in [0.1, 0.15) is 35.1 Å². The summed E-state index contributed by atoms with van der Waals surface area (Å²) in [5.41, 5.74) is 2.29. The van der Waals surface area contributed by atoms with Crippen LogP contribution in [0.4, 0.5) is 0 Å². The Bertz CT molecular complexity index is 1130. The molecule has 0 aliphatic heterocycles. The molecule has 0 bridgehead atoms. The van der Waals surface area contributed by atoms with Gasteiger partial charge in [0.2, 0.25) is 5.91 Å². The smallest absolute Gasteiger partial charge is 0.326 e. The first-order valence-corrected chi connectivity index (χ1v) is 11.9. The van der Waals surface area contributed by atoms with Gasteiger partial charge in [0.1, 0.15) is 11.5 Å². The highest BCUT2D eigenvalue weighted by atomic mass is 16.4. The minimum atomic E-state index is -1.20. The van der Waals surface area contributed by atoms with E-state index in [1.807, 2.05) is 121 Å². The molecule has 4 aromatic rings. The number of carbonyl (C=O) groups is 2. The Morgan fingerprint density at radius 1 is 0.657 bits per heavy atom.